The van der Waals surface area contributed by atoms with Crippen LogP contribution in [0, 0.1) is 12.8 Å². The minimum absolute atomic E-state index is 0.0288. The van der Waals surface area contributed by atoms with E-state index < -0.39 is 0 Å². The van der Waals surface area contributed by atoms with E-state index in [1.807, 2.05) is 31.2 Å². The number of rotatable bonds is 6. The Morgan fingerprint density at radius 1 is 1.40 bits per heavy atom. The number of ether oxygens (including phenoxy) is 1. The first-order valence-corrected chi connectivity index (χ1v) is 8.67. The Hall–Kier alpha value is -2.47. The van der Waals surface area contributed by atoms with Crippen molar-refractivity contribution in [2.45, 2.75) is 19.8 Å². The van der Waals surface area contributed by atoms with Crippen molar-refractivity contribution in [1.29, 1.82) is 0 Å². The Morgan fingerprint density at radius 2 is 2.32 bits per heavy atom. The van der Waals surface area contributed by atoms with Gasteiger partial charge in [-0.15, -0.1) is 0 Å². The van der Waals surface area contributed by atoms with Gasteiger partial charge in [-0.3, -0.25) is 14.7 Å². The quantitative estimate of drug-likeness (QED) is 0.875. The van der Waals surface area contributed by atoms with E-state index in [1.54, 1.807) is 18.6 Å². The summed E-state index contributed by atoms with van der Waals surface area (Å²) in [5, 5.41) is 2.97. The molecule has 25 heavy (non-hydrogen) atoms. The minimum Gasteiger partial charge on any atom is -0.476 e. The maximum atomic E-state index is 12.3. The van der Waals surface area contributed by atoms with E-state index in [4.69, 9.17) is 4.74 Å². The van der Waals surface area contributed by atoms with Gasteiger partial charge >= 0.3 is 0 Å². The van der Waals surface area contributed by atoms with Crippen LogP contribution < -0.4 is 10.1 Å². The van der Waals surface area contributed by atoms with Gasteiger partial charge in [-0.25, -0.2) is 4.98 Å². The molecule has 0 bridgehead atoms. The first-order valence-electron chi connectivity index (χ1n) is 8.67. The number of likely N-dealkylation sites (tertiary alicyclic amines) is 1. The molecule has 1 aromatic carbocycles. The van der Waals surface area contributed by atoms with Crippen LogP contribution in [0.5, 0.6) is 5.88 Å². The highest BCUT2D eigenvalue weighted by molar-refractivity contribution is 5.92. The number of nitrogens with one attached hydrogen (secondary N) is 1. The second-order valence-electron chi connectivity index (χ2n) is 6.52. The van der Waals surface area contributed by atoms with Crippen LogP contribution in [-0.4, -0.2) is 47.0 Å². The molecule has 1 aliphatic rings. The van der Waals surface area contributed by atoms with Crippen LogP contribution in [0.2, 0.25) is 0 Å². The average molecular weight is 340 g/mol. The molecule has 2 aromatic rings. The molecule has 1 aromatic heterocycles. The first-order chi connectivity index (χ1) is 12.2. The monoisotopic (exact) mass is 340 g/mol. The lowest BCUT2D eigenvalue weighted by atomic mass is 9.99. The summed E-state index contributed by atoms with van der Waals surface area (Å²) in [5.74, 6) is 0.987. The fraction of sp³-hybridized carbons (Fsp3) is 0.421. The maximum Gasteiger partial charge on any atom is 0.238 e. The van der Waals surface area contributed by atoms with Gasteiger partial charge in [0.15, 0.2) is 0 Å². The van der Waals surface area contributed by atoms with E-state index in [0.717, 1.165) is 37.2 Å². The molecule has 0 aliphatic carbocycles. The molecule has 0 saturated carbocycles. The molecule has 2 heterocycles. The van der Waals surface area contributed by atoms with E-state index in [1.165, 1.54) is 0 Å². The van der Waals surface area contributed by atoms with Crippen molar-refractivity contribution in [2.75, 3.05) is 31.6 Å². The van der Waals surface area contributed by atoms with Crippen LogP contribution in [0.25, 0.3) is 0 Å². The van der Waals surface area contributed by atoms with E-state index in [9.17, 15) is 4.79 Å². The fourth-order valence-corrected chi connectivity index (χ4v) is 3.12. The molecule has 1 N–H and O–H groups in total. The second-order valence-corrected chi connectivity index (χ2v) is 6.52. The van der Waals surface area contributed by atoms with Gasteiger partial charge < -0.3 is 10.1 Å². The highest BCUT2D eigenvalue weighted by Crippen LogP contribution is 2.18. The van der Waals surface area contributed by atoms with Crippen molar-refractivity contribution >= 4 is 11.6 Å². The third-order valence-corrected chi connectivity index (χ3v) is 4.28. The molecule has 6 nitrogen and oxygen atoms in total. The number of carbonyl (C=O) groups is 1. The fourth-order valence-electron chi connectivity index (χ4n) is 3.12. The van der Waals surface area contributed by atoms with Gasteiger partial charge in [0.25, 0.3) is 0 Å². The van der Waals surface area contributed by atoms with Gasteiger partial charge in [0.2, 0.25) is 11.8 Å². The molecular formula is C19H24N4O2. The molecule has 1 unspecified atom stereocenters. The molecule has 0 spiro atoms. The molecule has 1 aliphatic heterocycles. The number of hydrogen-bond donors (Lipinski definition) is 1. The molecule has 1 atom stereocenters. The standard InChI is InChI=1S/C19H24N4O2/c1-15-4-2-6-17(10-15)22-18(24)13-23-9-3-5-16(12-23)14-25-19-11-20-7-8-21-19/h2,4,6-8,10-11,16H,3,5,9,12-14H2,1H3,(H,22,24). The molecule has 132 valence electrons. The van der Waals surface area contributed by atoms with Crippen molar-refractivity contribution in [3.63, 3.8) is 0 Å². The zero-order valence-electron chi connectivity index (χ0n) is 14.5. The number of amides is 1. The molecule has 1 fully saturated rings. The molecule has 3 rings (SSSR count). The summed E-state index contributed by atoms with van der Waals surface area (Å²) in [4.78, 5) is 22.6. The van der Waals surface area contributed by atoms with Crippen molar-refractivity contribution in [2.24, 2.45) is 5.92 Å². The number of carbonyl (C=O) groups excluding carboxylic acids is 1. The van der Waals surface area contributed by atoms with Gasteiger partial charge in [0.1, 0.15) is 0 Å². The number of aromatic nitrogens is 2. The van der Waals surface area contributed by atoms with Crippen molar-refractivity contribution in [1.82, 2.24) is 14.9 Å². The lowest BCUT2D eigenvalue weighted by molar-refractivity contribution is -0.117. The van der Waals surface area contributed by atoms with Gasteiger partial charge in [0.05, 0.1) is 19.3 Å². The van der Waals surface area contributed by atoms with Crippen molar-refractivity contribution in [3.8, 4) is 5.88 Å². The largest absolute Gasteiger partial charge is 0.476 e. The van der Waals surface area contributed by atoms with Crippen molar-refractivity contribution < 1.29 is 9.53 Å². The Labute approximate surface area is 148 Å². The third kappa shape index (κ3) is 5.53. The van der Waals surface area contributed by atoms with Gasteiger partial charge in [-0.05, 0) is 44.0 Å². The first kappa shape index (κ1) is 17.4. The smallest absolute Gasteiger partial charge is 0.238 e. The highest BCUT2D eigenvalue weighted by atomic mass is 16.5. The zero-order valence-corrected chi connectivity index (χ0v) is 14.5. The van der Waals surface area contributed by atoms with Crippen LogP contribution >= 0.6 is 0 Å². The summed E-state index contributed by atoms with van der Waals surface area (Å²) >= 11 is 0. The maximum absolute atomic E-state index is 12.3. The number of benzene rings is 1. The SMILES string of the molecule is Cc1cccc(NC(=O)CN2CCCC(COc3cnccn3)C2)c1. The minimum atomic E-state index is 0.0288. The summed E-state index contributed by atoms with van der Waals surface area (Å²) in [6.07, 6.45) is 7.05. The van der Waals surface area contributed by atoms with Crippen LogP contribution in [0.15, 0.2) is 42.9 Å². The topological polar surface area (TPSA) is 67.4 Å². The average Bonchev–Trinajstić information content (AvgIpc) is 2.61. The van der Waals surface area contributed by atoms with Crippen molar-refractivity contribution in [3.05, 3.63) is 48.4 Å². The number of anilines is 1. The molecule has 1 saturated heterocycles. The summed E-state index contributed by atoms with van der Waals surface area (Å²) < 4.78 is 5.71. The van der Waals surface area contributed by atoms with E-state index >= 15 is 0 Å². The van der Waals surface area contributed by atoms with Crippen LogP contribution in [0.4, 0.5) is 5.69 Å². The molecule has 1 amide bonds. The predicted octanol–water partition coefficient (Wildman–Crippen LogP) is 2.51. The highest BCUT2D eigenvalue weighted by Gasteiger charge is 2.22. The number of hydrogen-bond acceptors (Lipinski definition) is 5. The second kappa shape index (κ2) is 8.58. The van der Waals surface area contributed by atoms with E-state index in [2.05, 4.69) is 20.2 Å². The summed E-state index contributed by atoms with van der Waals surface area (Å²) in [7, 11) is 0. The van der Waals surface area contributed by atoms with Gasteiger partial charge in [-0.2, -0.15) is 0 Å². The number of aryl methyl sites for hydroxylation is 1. The normalized spacial score (nSPS) is 17.9. The van der Waals surface area contributed by atoms with Crippen LogP contribution in [0.1, 0.15) is 18.4 Å². The van der Waals surface area contributed by atoms with Crippen LogP contribution in [0.3, 0.4) is 0 Å². The third-order valence-electron chi connectivity index (χ3n) is 4.28. The number of nitrogens with zero attached hydrogens (tertiary/aromatic N) is 3. The van der Waals surface area contributed by atoms with Gasteiger partial charge in [0, 0.05) is 30.5 Å². The lowest BCUT2D eigenvalue weighted by Gasteiger charge is -2.31. The molecule has 6 heteroatoms. The number of piperidine rings is 1. The Kier molecular flexibility index (Phi) is 5.95. The predicted molar refractivity (Wildman–Crippen MR) is 96.5 cm³/mol. The Morgan fingerprint density at radius 3 is 3.12 bits per heavy atom. The van der Waals surface area contributed by atoms with Gasteiger partial charge in [-0.1, -0.05) is 12.1 Å². The summed E-state index contributed by atoms with van der Waals surface area (Å²) in [6.45, 7) is 4.84. The van der Waals surface area contributed by atoms with Crippen LogP contribution in [-0.2, 0) is 4.79 Å². The van der Waals surface area contributed by atoms with E-state index in [-0.39, 0.29) is 5.91 Å². The zero-order chi connectivity index (χ0) is 17.5. The summed E-state index contributed by atoms with van der Waals surface area (Å²) in [6, 6.07) is 7.86. The Balaban J connectivity index is 1.45. The molecular weight excluding hydrogens is 316 g/mol. The lowest BCUT2D eigenvalue weighted by Crippen LogP contribution is -2.42. The Bertz CT molecular complexity index is 693. The molecule has 0 radical (unpaired) electrons. The summed E-state index contributed by atoms with van der Waals surface area (Å²) in [5.41, 5.74) is 1.99. The van der Waals surface area contributed by atoms with E-state index in [0.29, 0.717) is 24.9 Å².